The Morgan fingerprint density at radius 3 is 2.50 bits per heavy atom. The van der Waals surface area contributed by atoms with Gasteiger partial charge in [0, 0.05) is 17.8 Å². The van der Waals surface area contributed by atoms with Crippen molar-refractivity contribution in [1.29, 1.82) is 0 Å². The Labute approximate surface area is 92.1 Å². The molecule has 0 aromatic carbocycles. The molecule has 0 spiro atoms. The van der Waals surface area contributed by atoms with Crippen molar-refractivity contribution in [3.05, 3.63) is 29.6 Å². The molecule has 0 fully saturated rings. The summed E-state index contributed by atoms with van der Waals surface area (Å²) in [5.41, 5.74) is -0.441. The van der Waals surface area contributed by atoms with E-state index in [9.17, 15) is 18.3 Å². The lowest BCUT2D eigenvalue weighted by atomic mass is 9.95. The van der Waals surface area contributed by atoms with E-state index in [1.165, 1.54) is 0 Å². The van der Waals surface area contributed by atoms with Crippen molar-refractivity contribution in [1.82, 2.24) is 4.98 Å². The summed E-state index contributed by atoms with van der Waals surface area (Å²) in [6, 6.07) is 1.93. The third-order valence-electron chi connectivity index (χ3n) is 2.51. The lowest BCUT2D eigenvalue weighted by molar-refractivity contribution is -0.137. The minimum Gasteiger partial charge on any atom is -0.393 e. The molecule has 1 rings (SSSR count). The van der Waals surface area contributed by atoms with Gasteiger partial charge in [0.1, 0.15) is 0 Å². The molecule has 2 unspecified atom stereocenters. The largest absolute Gasteiger partial charge is 0.416 e. The van der Waals surface area contributed by atoms with Gasteiger partial charge in [-0.1, -0.05) is 6.92 Å². The molecule has 0 amide bonds. The first-order valence-electron chi connectivity index (χ1n) is 5.07. The molecule has 0 radical (unpaired) electrons. The van der Waals surface area contributed by atoms with E-state index in [1.807, 2.05) is 0 Å². The topological polar surface area (TPSA) is 33.1 Å². The third-order valence-corrected chi connectivity index (χ3v) is 2.51. The van der Waals surface area contributed by atoms with Crippen LogP contribution >= 0.6 is 0 Å². The maximum atomic E-state index is 12.4. The van der Waals surface area contributed by atoms with E-state index in [0.29, 0.717) is 6.42 Å². The van der Waals surface area contributed by atoms with Gasteiger partial charge in [0.15, 0.2) is 0 Å². The van der Waals surface area contributed by atoms with E-state index >= 15 is 0 Å². The Morgan fingerprint density at radius 1 is 1.44 bits per heavy atom. The van der Waals surface area contributed by atoms with Crippen LogP contribution in [0.3, 0.4) is 0 Å². The van der Waals surface area contributed by atoms with Gasteiger partial charge >= 0.3 is 6.18 Å². The van der Waals surface area contributed by atoms with Crippen molar-refractivity contribution in [2.24, 2.45) is 0 Å². The van der Waals surface area contributed by atoms with Gasteiger partial charge in [-0.2, -0.15) is 13.2 Å². The monoisotopic (exact) mass is 233 g/mol. The molecule has 1 heterocycles. The zero-order chi connectivity index (χ0) is 12.3. The molecule has 1 N–H and O–H groups in total. The van der Waals surface area contributed by atoms with Crippen LogP contribution in [-0.4, -0.2) is 16.2 Å². The van der Waals surface area contributed by atoms with Gasteiger partial charge in [0.05, 0.1) is 11.7 Å². The number of aliphatic hydroxyl groups excluding tert-OH is 1. The van der Waals surface area contributed by atoms with Crippen LogP contribution in [-0.2, 0) is 6.18 Å². The van der Waals surface area contributed by atoms with Crippen molar-refractivity contribution >= 4 is 0 Å². The Hall–Kier alpha value is -1.10. The number of hydrogen-bond donors (Lipinski definition) is 1. The molecule has 1 aromatic heterocycles. The molecule has 0 aliphatic carbocycles. The second kappa shape index (κ2) is 4.82. The standard InChI is InChI=1S/C11H14F3NO/c1-3-9(7(2)16)10-6-8(4-5-15-10)11(12,13)14/h4-7,9,16H,3H2,1-2H3. The molecule has 16 heavy (non-hydrogen) atoms. The molecule has 90 valence electrons. The van der Waals surface area contributed by atoms with Gasteiger partial charge in [-0.05, 0) is 25.5 Å². The Bertz CT molecular complexity index is 349. The number of hydrogen-bond acceptors (Lipinski definition) is 2. The second-order valence-corrected chi connectivity index (χ2v) is 3.72. The fraction of sp³-hybridized carbons (Fsp3) is 0.545. The highest BCUT2D eigenvalue weighted by atomic mass is 19.4. The third kappa shape index (κ3) is 2.95. The minimum absolute atomic E-state index is 0.285. The second-order valence-electron chi connectivity index (χ2n) is 3.72. The van der Waals surface area contributed by atoms with Crippen LogP contribution in [0.2, 0.25) is 0 Å². The number of nitrogens with zero attached hydrogens (tertiary/aromatic N) is 1. The van der Waals surface area contributed by atoms with Crippen molar-refractivity contribution < 1.29 is 18.3 Å². The van der Waals surface area contributed by atoms with Gasteiger partial charge in [0.25, 0.3) is 0 Å². The van der Waals surface area contributed by atoms with Gasteiger partial charge in [-0.3, -0.25) is 4.98 Å². The number of pyridine rings is 1. The molecule has 5 heteroatoms. The summed E-state index contributed by atoms with van der Waals surface area (Å²) in [5, 5.41) is 9.44. The molecule has 2 nitrogen and oxygen atoms in total. The van der Waals surface area contributed by atoms with Gasteiger partial charge in [-0.15, -0.1) is 0 Å². The SMILES string of the molecule is CCC(c1cc(C(F)(F)F)ccn1)C(C)O. The van der Waals surface area contributed by atoms with Crippen molar-refractivity contribution in [2.75, 3.05) is 0 Å². The quantitative estimate of drug-likeness (QED) is 0.870. The summed E-state index contributed by atoms with van der Waals surface area (Å²) in [6.07, 6.45) is -3.40. The Balaban J connectivity index is 3.07. The first-order chi connectivity index (χ1) is 7.36. The van der Waals surface area contributed by atoms with Crippen molar-refractivity contribution in [3.63, 3.8) is 0 Å². The van der Waals surface area contributed by atoms with Crippen molar-refractivity contribution in [2.45, 2.75) is 38.5 Å². The summed E-state index contributed by atoms with van der Waals surface area (Å²) >= 11 is 0. The maximum Gasteiger partial charge on any atom is 0.416 e. The highest BCUT2D eigenvalue weighted by molar-refractivity contribution is 5.22. The Morgan fingerprint density at radius 2 is 2.06 bits per heavy atom. The zero-order valence-corrected chi connectivity index (χ0v) is 9.12. The van der Waals surface area contributed by atoms with E-state index in [4.69, 9.17) is 0 Å². The van der Waals surface area contributed by atoms with E-state index in [2.05, 4.69) is 4.98 Å². The summed E-state index contributed by atoms with van der Waals surface area (Å²) in [6.45, 7) is 3.36. The lowest BCUT2D eigenvalue weighted by Crippen LogP contribution is -2.16. The van der Waals surface area contributed by atoms with E-state index < -0.39 is 17.8 Å². The highest BCUT2D eigenvalue weighted by Gasteiger charge is 2.31. The van der Waals surface area contributed by atoms with E-state index in [-0.39, 0.29) is 11.6 Å². The zero-order valence-electron chi connectivity index (χ0n) is 9.12. The van der Waals surface area contributed by atoms with Crippen LogP contribution in [0.1, 0.15) is 37.4 Å². The average Bonchev–Trinajstić information content (AvgIpc) is 2.17. The van der Waals surface area contributed by atoms with Gasteiger partial charge in [-0.25, -0.2) is 0 Å². The minimum atomic E-state index is -4.37. The lowest BCUT2D eigenvalue weighted by Gasteiger charge is -2.18. The fourth-order valence-corrected chi connectivity index (χ4v) is 1.62. The first-order valence-corrected chi connectivity index (χ1v) is 5.07. The van der Waals surface area contributed by atoms with Gasteiger partial charge < -0.3 is 5.11 Å². The maximum absolute atomic E-state index is 12.4. The van der Waals surface area contributed by atoms with Crippen molar-refractivity contribution in [3.8, 4) is 0 Å². The number of rotatable bonds is 3. The molecule has 0 bridgehead atoms. The molecule has 0 aliphatic rings. The summed E-state index contributed by atoms with van der Waals surface area (Å²) in [7, 11) is 0. The van der Waals surface area contributed by atoms with Gasteiger partial charge in [0.2, 0.25) is 0 Å². The van der Waals surface area contributed by atoms with Crippen LogP contribution in [0.4, 0.5) is 13.2 Å². The molecule has 1 aromatic rings. The molecule has 2 atom stereocenters. The molecule has 0 aliphatic heterocycles. The highest BCUT2D eigenvalue weighted by Crippen LogP contribution is 2.31. The number of aromatic nitrogens is 1. The fourth-order valence-electron chi connectivity index (χ4n) is 1.62. The smallest absolute Gasteiger partial charge is 0.393 e. The van der Waals surface area contributed by atoms with Crippen LogP contribution in [0, 0.1) is 0 Å². The van der Waals surface area contributed by atoms with Crippen LogP contribution in [0.5, 0.6) is 0 Å². The first kappa shape index (κ1) is 13.0. The van der Waals surface area contributed by atoms with Crippen LogP contribution in [0.25, 0.3) is 0 Å². The van der Waals surface area contributed by atoms with E-state index in [0.717, 1.165) is 18.3 Å². The number of alkyl halides is 3. The van der Waals surface area contributed by atoms with Crippen LogP contribution in [0.15, 0.2) is 18.3 Å². The average molecular weight is 233 g/mol. The Kier molecular flexibility index (Phi) is 3.91. The number of halogens is 3. The summed E-state index contributed by atoms with van der Waals surface area (Å²) in [4.78, 5) is 3.89. The predicted octanol–water partition coefficient (Wildman–Crippen LogP) is 2.97. The molecule has 0 saturated heterocycles. The molecular weight excluding hydrogens is 219 g/mol. The van der Waals surface area contributed by atoms with E-state index in [1.54, 1.807) is 13.8 Å². The molecule has 0 saturated carbocycles. The normalized spacial score (nSPS) is 15.9. The molecular formula is C11H14F3NO. The number of aliphatic hydroxyl groups is 1. The summed E-state index contributed by atoms with van der Waals surface area (Å²) < 4.78 is 37.3. The van der Waals surface area contributed by atoms with Crippen LogP contribution < -0.4 is 0 Å². The summed E-state index contributed by atoms with van der Waals surface area (Å²) in [5.74, 6) is -0.359. The predicted molar refractivity (Wildman–Crippen MR) is 54.0 cm³/mol.